The van der Waals surface area contributed by atoms with E-state index in [-0.39, 0.29) is 11.8 Å². The van der Waals surface area contributed by atoms with E-state index in [0.29, 0.717) is 31.5 Å². The highest BCUT2D eigenvalue weighted by molar-refractivity contribution is 7.89. The van der Waals surface area contributed by atoms with Crippen LogP contribution in [0, 0.1) is 5.92 Å². The van der Waals surface area contributed by atoms with Gasteiger partial charge >= 0.3 is 0 Å². The van der Waals surface area contributed by atoms with E-state index in [1.165, 1.54) is 12.0 Å². The molecule has 0 aliphatic heterocycles. The van der Waals surface area contributed by atoms with Crippen LogP contribution in [-0.2, 0) is 10.0 Å². The monoisotopic (exact) mass is 423 g/mol. The van der Waals surface area contributed by atoms with Gasteiger partial charge in [-0.25, -0.2) is 13.1 Å². The van der Waals surface area contributed by atoms with E-state index in [0.717, 1.165) is 25.9 Å². The lowest BCUT2D eigenvalue weighted by molar-refractivity contribution is 0.219. The van der Waals surface area contributed by atoms with Gasteiger partial charge in [0.15, 0.2) is 5.96 Å². The molecule has 0 spiro atoms. The van der Waals surface area contributed by atoms with Crippen LogP contribution in [0.3, 0.4) is 0 Å². The Kier molecular flexibility index (Phi) is 9.90. The molecule has 1 atom stereocenters. The first-order chi connectivity index (χ1) is 14.0. The SMILES string of the molecule is CCN(CC)C(CNC(=NC)NCCS(=O)(=O)NCC1CCC1)c1ccccc1. The van der Waals surface area contributed by atoms with Crippen molar-refractivity contribution in [1.82, 2.24) is 20.3 Å². The lowest BCUT2D eigenvalue weighted by Gasteiger charge is -2.30. The maximum absolute atomic E-state index is 12.1. The van der Waals surface area contributed by atoms with E-state index in [4.69, 9.17) is 0 Å². The molecule has 0 radical (unpaired) electrons. The lowest BCUT2D eigenvalue weighted by Crippen LogP contribution is -2.45. The summed E-state index contributed by atoms with van der Waals surface area (Å²) in [6.07, 6.45) is 3.48. The van der Waals surface area contributed by atoms with Crippen molar-refractivity contribution in [2.45, 2.75) is 39.2 Å². The normalized spacial score (nSPS) is 16.5. The fourth-order valence-corrected chi connectivity index (χ4v) is 4.53. The summed E-state index contributed by atoms with van der Waals surface area (Å²) in [6.45, 7) is 7.81. The van der Waals surface area contributed by atoms with Crippen LogP contribution in [-0.4, -0.2) is 64.8 Å². The molecule has 7 nitrogen and oxygen atoms in total. The van der Waals surface area contributed by atoms with Crippen LogP contribution in [0.5, 0.6) is 0 Å². The Morgan fingerprint density at radius 1 is 1.17 bits per heavy atom. The van der Waals surface area contributed by atoms with Crippen LogP contribution in [0.1, 0.15) is 44.7 Å². The predicted molar refractivity (Wildman–Crippen MR) is 121 cm³/mol. The number of likely N-dealkylation sites (N-methyl/N-ethyl adjacent to an activating group) is 1. The van der Waals surface area contributed by atoms with Crippen LogP contribution in [0.2, 0.25) is 0 Å². The van der Waals surface area contributed by atoms with Crippen molar-refractivity contribution in [2.75, 3.05) is 45.5 Å². The molecular weight excluding hydrogens is 386 g/mol. The summed E-state index contributed by atoms with van der Waals surface area (Å²) in [6, 6.07) is 10.6. The van der Waals surface area contributed by atoms with Crippen molar-refractivity contribution >= 4 is 16.0 Å². The van der Waals surface area contributed by atoms with Crippen molar-refractivity contribution in [3.8, 4) is 0 Å². The summed E-state index contributed by atoms with van der Waals surface area (Å²) in [4.78, 5) is 6.63. The van der Waals surface area contributed by atoms with E-state index in [2.05, 4.69) is 63.4 Å². The molecule has 0 bridgehead atoms. The molecule has 2 rings (SSSR count). The number of aliphatic imine (C=N–C) groups is 1. The maximum Gasteiger partial charge on any atom is 0.213 e. The second-order valence-corrected chi connectivity index (χ2v) is 9.42. The van der Waals surface area contributed by atoms with Gasteiger partial charge in [-0.2, -0.15) is 0 Å². The molecule has 3 N–H and O–H groups in total. The summed E-state index contributed by atoms with van der Waals surface area (Å²) in [5.41, 5.74) is 1.25. The third-order valence-corrected chi connectivity index (χ3v) is 6.95. The quantitative estimate of drug-likeness (QED) is 0.353. The first-order valence-electron chi connectivity index (χ1n) is 10.7. The first-order valence-corrected chi connectivity index (χ1v) is 12.3. The van der Waals surface area contributed by atoms with Crippen molar-refractivity contribution < 1.29 is 8.42 Å². The fourth-order valence-electron chi connectivity index (χ4n) is 3.53. The number of hydrogen-bond donors (Lipinski definition) is 3. The number of hydrogen-bond acceptors (Lipinski definition) is 4. The van der Waals surface area contributed by atoms with Crippen LogP contribution in [0.15, 0.2) is 35.3 Å². The highest BCUT2D eigenvalue weighted by Crippen LogP contribution is 2.25. The molecular formula is C21H37N5O2S. The van der Waals surface area contributed by atoms with Gasteiger partial charge in [-0.1, -0.05) is 50.6 Å². The number of benzene rings is 1. The zero-order chi connectivity index (χ0) is 21.1. The Hall–Kier alpha value is -1.64. The van der Waals surface area contributed by atoms with E-state index in [1.807, 2.05) is 6.07 Å². The number of nitrogens with one attached hydrogen (secondary N) is 3. The molecule has 1 saturated carbocycles. The van der Waals surface area contributed by atoms with E-state index >= 15 is 0 Å². The van der Waals surface area contributed by atoms with E-state index in [9.17, 15) is 8.42 Å². The van der Waals surface area contributed by atoms with Crippen LogP contribution >= 0.6 is 0 Å². The Bertz CT molecular complexity index is 716. The van der Waals surface area contributed by atoms with Crippen LogP contribution in [0.25, 0.3) is 0 Å². The summed E-state index contributed by atoms with van der Waals surface area (Å²) in [5.74, 6) is 1.17. The Labute approximate surface area is 176 Å². The lowest BCUT2D eigenvalue weighted by atomic mass is 9.86. The van der Waals surface area contributed by atoms with Gasteiger partial charge in [-0.15, -0.1) is 0 Å². The molecule has 0 amide bonds. The summed E-state index contributed by atoms with van der Waals surface area (Å²) < 4.78 is 27.0. The van der Waals surface area contributed by atoms with Gasteiger partial charge < -0.3 is 10.6 Å². The Morgan fingerprint density at radius 3 is 2.41 bits per heavy atom. The molecule has 1 aliphatic carbocycles. The highest BCUT2D eigenvalue weighted by Gasteiger charge is 2.20. The molecule has 0 aromatic heterocycles. The van der Waals surface area contributed by atoms with Gasteiger partial charge in [-0.05, 0) is 37.4 Å². The summed E-state index contributed by atoms with van der Waals surface area (Å²) >= 11 is 0. The van der Waals surface area contributed by atoms with Crippen molar-refractivity contribution in [2.24, 2.45) is 10.9 Å². The topological polar surface area (TPSA) is 85.8 Å². The standard InChI is InChI=1S/C21H37N5O2S/c1-4-26(5-2)20(19-12-7-6-8-13-19)17-24-21(22-3)23-14-15-29(27,28)25-16-18-10-9-11-18/h6-8,12-13,18,20,25H,4-5,9-11,14-17H2,1-3H3,(H2,22,23,24). The smallest absolute Gasteiger partial charge is 0.213 e. The molecule has 1 fully saturated rings. The minimum atomic E-state index is -3.26. The Morgan fingerprint density at radius 2 is 1.86 bits per heavy atom. The van der Waals surface area contributed by atoms with Gasteiger partial charge in [0.05, 0.1) is 11.8 Å². The average Bonchev–Trinajstić information content (AvgIpc) is 2.69. The van der Waals surface area contributed by atoms with Gasteiger partial charge in [0.1, 0.15) is 0 Å². The van der Waals surface area contributed by atoms with E-state index in [1.54, 1.807) is 7.05 Å². The molecule has 0 heterocycles. The number of guanidine groups is 1. The third kappa shape index (κ3) is 7.95. The largest absolute Gasteiger partial charge is 0.355 e. The zero-order valence-electron chi connectivity index (χ0n) is 18.0. The Balaban J connectivity index is 1.82. The van der Waals surface area contributed by atoms with Crippen molar-refractivity contribution in [3.05, 3.63) is 35.9 Å². The minimum Gasteiger partial charge on any atom is -0.355 e. The first kappa shape index (κ1) is 23.6. The highest BCUT2D eigenvalue weighted by atomic mass is 32.2. The summed E-state index contributed by atoms with van der Waals surface area (Å²) in [7, 11) is -1.55. The maximum atomic E-state index is 12.1. The number of nitrogens with zero attached hydrogens (tertiary/aromatic N) is 2. The third-order valence-electron chi connectivity index (χ3n) is 5.60. The van der Waals surface area contributed by atoms with E-state index < -0.39 is 10.0 Å². The second-order valence-electron chi connectivity index (χ2n) is 7.49. The molecule has 8 heteroatoms. The van der Waals surface area contributed by atoms with Gasteiger partial charge in [-0.3, -0.25) is 9.89 Å². The van der Waals surface area contributed by atoms with Crippen molar-refractivity contribution in [3.63, 3.8) is 0 Å². The molecule has 1 aromatic rings. The number of sulfonamides is 1. The predicted octanol–water partition coefficient (Wildman–Crippen LogP) is 1.95. The fraction of sp³-hybridized carbons (Fsp3) is 0.667. The molecule has 1 unspecified atom stereocenters. The average molecular weight is 424 g/mol. The number of rotatable bonds is 12. The summed E-state index contributed by atoms with van der Waals surface area (Å²) in [5, 5.41) is 6.48. The molecule has 0 saturated heterocycles. The van der Waals surface area contributed by atoms with Crippen LogP contribution in [0.4, 0.5) is 0 Å². The molecule has 1 aliphatic rings. The molecule has 29 heavy (non-hydrogen) atoms. The van der Waals surface area contributed by atoms with Gasteiger partial charge in [0.2, 0.25) is 10.0 Å². The van der Waals surface area contributed by atoms with Crippen LogP contribution < -0.4 is 15.4 Å². The van der Waals surface area contributed by atoms with Gasteiger partial charge in [0.25, 0.3) is 0 Å². The van der Waals surface area contributed by atoms with Gasteiger partial charge in [0, 0.05) is 26.7 Å². The second kappa shape index (κ2) is 12.1. The minimum absolute atomic E-state index is 0.0403. The molecule has 1 aromatic carbocycles. The molecule has 164 valence electrons. The zero-order valence-corrected chi connectivity index (χ0v) is 18.8. The van der Waals surface area contributed by atoms with Crippen molar-refractivity contribution in [1.29, 1.82) is 0 Å².